The van der Waals surface area contributed by atoms with Crippen molar-refractivity contribution in [2.24, 2.45) is 0 Å². The van der Waals surface area contributed by atoms with Crippen molar-refractivity contribution in [2.45, 2.75) is 0 Å². The van der Waals surface area contributed by atoms with Crippen LogP contribution >= 0.6 is 11.5 Å². The normalized spacial score (nSPS) is 20.0. The molecule has 1 aliphatic rings. The maximum atomic E-state index is 5.25. The third-order valence-electron chi connectivity index (χ3n) is 1.30. The lowest BCUT2D eigenvalue weighted by Gasteiger charge is -2.01. The van der Waals surface area contributed by atoms with E-state index >= 15 is 0 Å². The van der Waals surface area contributed by atoms with Crippen LogP contribution in [0.3, 0.4) is 0 Å². The van der Waals surface area contributed by atoms with Crippen molar-refractivity contribution in [3.8, 4) is 0 Å². The second-order valence-electron chi connectivity index (χ2n) is 1.99. The Hall–Kier alpha value is -0.450. The summed E-state index contributed by atoms with van der Waals surface area (Å²) < 4.78 is 9.36. The zero-order valence-corrected chi connectivity index (χ0v) is 6.15. The Morgan fingerprint density at radius 2 is 2.70 bits per heavy atom. The van der Waals surface area contributed by atoms with Crippen molar-refractivity contribution >= 4 is 11.5 Å². The van der Waals surface area contributed by atoms with Crippen molar-refractivity contribution in [2.75, 3.05) is 13.2 Å². The van der Waals surface area contributed by atoms with Crippen molar-refractivity contribution < 1.29 is 4.74 Å². The largest absolute Gasteiger partial charge is 0.349 e. The van der Waals surface area contributed by atoms with E-state index in [4.69, 9.17) is 4.74 Å². The van der Waals surface area contributed by atoms with Gasteiger partial charge in [0.15, 0.2) is 0 Å². The van der Waals surface area contributed by atoms with Crippen LogP contribution < -0.4 is 5.32 Å². The summed E-state index contributed by atoms with van der Waals surface area (Å²) in [4.78, 5) is 0. The molecule has 0 spiro atoms. The molecule has 3 nitrogen and oxygen atoms in total. The topological polar surface area (TPSA) is 34.1 Å². The Bertz CT molecular complexity index is 194. The Balaban J connectivity index is 2.12. The number of hydrogen-bond donors (Lipinski definition) is 1. The van der Waals surface area contributed by atoms with Crippen LogP contribution in [-0.4, -0.2) is 17.5 Å². The first-order chi connectivity index (χ1) is 4.97. The lowest BCUT2D eigenvalue weighted by Crippen LogP contribution is -2.14. The summed E-state index contributed by atoms with van der Waals surface area (Å²) in [6.45, 7) is 1.65. The van der Waals surface area contributed by atoms with Gasteiger partial charge in [-0.05, 0) is 17.6 Å². The molecule has 53 valence electrons. The van der Waals surface area contributed by atoms with Crippen LogP contribution in [0.2, 0.25) is 0 Å². The standard InChI is InChI=1S/C6H7N2OS/c1-4-10-8-5(1)6-7-2-3-9-6/h1,4,7H,2-3H2. The number of ether oxygens (including phenoxy) is 1. The second kappa shape index (κ2) is 2.65. The van der Waals surface area contributed by atoms with Gasteiger partial charge >= 0.3 is 0 Å². The predicted molar refractivity (Wildman–Crippen MR) is 38.4 cm³/mol. The molecule has 0 bridgehead atoms. The van der Waals surface area contributed by atoms with E-state index in [0.717, 1.165) is 25.1 Å². The summed E-state index contributed by atoms with van der Waals surface area (Å²) in [5.41, 5.74) is 0.919. The Morgan fingerprint density at radius 1 is 1.70 bits per heavy atom. The molecule has 1 fully saturated rings. The smallest absolute Gasteiger partial charge is 0.212 e. The molecule has 0 saturated carbocycles. The number of nitrogens with zero attached hydrogens (tertiary/aromatic N) is 1. The van der Waals surface area contributed by atoms with Gasteiger partial charge in [0, 0.05) is 11.9 Å². The quantitative estimate of drug-likeness (QED) is 0.645. The van der Waals surface area contributed by atoms with Crippen molar-refractivity contribution in [3.63, 3.8) is 0 Å². The summed E-state index contributed by atoms with van der Waals surface area (Å²) in [7, 11) is 0. The molecular formula is C6H7N2OS. The Morgan fingerprint density at radius 3 is 3.30 bits per heavy atom. The number of aromatic nitrogens is 1. The van der Waals surface area contributed by atoms with Crippen LogP contribution in [0.1, 0.15) is 5.69 Å². The van der Waals surface area contributed by atoms with E-state index in [1.54, 1.807) is 0 Å². The molecule has 2 rings (SSSR count). The van der Waals surface area contributed by atoms with E-state index in [0.29, 0.717) is 0 Å². The maximum Gasteiger partial charge on any atom is 0.212 e. The number of rotatable bonds is 1. The van der Waals surface area contributed by atoms with Crippen LogP contribution in [0, 0.1) is 6.23 Å². The summed E-state index contributed by atoms with van der Waals surface area (Å²) >= 11 is 1.44. The molecule has 0 amide bonds. The second-order valence-corrected chi connectivity index (χ2v) is 2.65. The molecule has 0 atom stereocenters. The van der Waals surface area contributed by atoms with Gasteiger partial charge in [-0.25, -0.2) is 0 Å². The monoisotopic (exact) mass is 155 g/mol. The van der Waals surface area contributed by atoms with Gasteiger partial charge in [0.2, 0.25) is 6.23 Å². The third-order valence-corrected chi connectivity index (χ3v) is 1.86. The first-order valence-electron chi connectivity index (χ1n) is 3.11. The molecule has 1 aromatic rings. The summed E-state index contributed by atoms with van der Waals surface area (Å²) in [6, 6.07) is 1.94. The van der Waals surface area contributed by atoms with Gasteiger partial charge in [-0.2, -0.15) is 4.37 Å². The van der Waals surface area contributed by atoms with E-state index in [2.05, 4.69) is 9.69 Å². The molecule has 0 aliphatic carbocycles. The highest BCUT2D eigenvalue weighted by Gasteiger charge is 2.19. The number of nitrogens with one attached hydrogen (secondary N) is 1. The molecular weight excluding hydrogens is 148 g/mol. The van der Waals surface area contributed by atoms with Crippen LogP contribution in [0.25, 0.3) is 0 Å². The minimum atomic E-state index is 0.757. The molecule has 0 unspecified atom stereocenters. The minimum Gasteiger partial charge on any atom is -0.349 e. The molecule has 1 aliphatic heterocycles. The first kappa shape index (κ1) is 6.27. The van der Waals surface area contributed by atoms with Gasteiger partial charge in [-0.1, -0.05) is 0 Å². The van der Waals surface area contributed by atoms with Crippen LogP contribution in [0.4, 0.5) is 0 Å². The highest BCUT2D eigenvalue weighted by Crippen LogP contribution is 2.15. The number of hydrogen-bond acceptors (Lipinski definition) is 4. The van der Waals surface area contributed by atoms with Gasteiger partial charge in [0.1, 0.15) is 5.69 Å². The SMILES string of the molecule is c1cc([C]2NCCO2)ns1. The summed E-state index contributed by atoms with van der Waals surface area (Å²) in [5, 5.41) is 5.03. The molecule has 10 heavy (non-hydrogen) atoms. The van der Waals surface area contributed by atoms with E-state index < -0.39 is 0 Å². The zero-order valence-electron chi connectivity index (χ0n) is 5.33. The molecule has 0 aromatic carbocycles. The summed E-state index contributed by atoms with van der Waals surface area (Å²) in [5.74, 6) is 0. The molecule has 4 heteroatoms. The van der Waals surface area contributed by atoms with Crippen LogP contribution in [0.15, 0.2) is 11.4 Å². The van der Waals surface area contributed by atoms with E-state index in [9.17, 15) is 0 Å². The van der Waals surface area contributed by atoms with Gasteiger partial charge in [-0.15, -0.1) is 0 Å². The maximum absolute atomic E-state index is 5.25. The minimum absolute atomic E-state index is 0.757. The fraction of sp³-hybridized carbons (Fsp3) is 0.333. The molecule has 1 saturated heterocycles. The fourth-order valence-corrected chi connectivity index (χ4v) is 1.37. The Labute approximate surface area is 63.2 Å². The highest BCUT2D eigenvalue weighted by atomic mass is 32.1. The van der Waals surface area contributed by atoms with Crippen molar-refractivity contribution in [1.82, 2.24) is 9.69 Å². The molecule has 1 N–H and O–H groups in total. The average Bonchev–Trinajstić information content (AvgIpc) is 2.59. The van der Waals surface area contributed by atoms with Gasteiger partial charge in [0.25, 0.3) is 0 Å². The highest BCUT2D eigenvalue weighted by molar-refractivity contribution is 7.03. The van der Waals surface area contributed by atoms with E-state index in [1.165, 1.54) is 11.5 Å². The third kappa shape index (κ3) is 1.05. The summed E-state index contributed by atoms with van der Waals surface area (Å²) in [6.07, 6.45) is 0.821. The van der Waals surface area contributed by atoms with E-state index in [1.807, 2.05) is 11.4 Å². The van der Waals surface area contributed by atoms with Crippen LogP contribution in [0.5, 0.6) is 0 Å². The van der Waals surface area contributed by atoms with Gasteiger partial charge in [-0.3, -0.25) is 5.32 Å². The fourth-order valence-electron chi connectivity index (χ4n) is 0.863. The molecule has 2 heterocycles. The van der Waals surface area contributed by atoms with Crippen molar-refractivity contribution in [3.05, 3.63) is 23.4 Å². The predicted octanol–water partition coefficient (Wildman–Crippen LogP) is 0.600. The Kier molecular flexibility index (Phi) is 1.66. The van der Waals surface area contributed by atoms with Crippen LogP contribution in [-0.2, 0) is 4.74 Å². The van der Waals surface area contributed by atoms with E-state index in [-0.39, 0.29) is 0 Å². The van der Waals surface area contributed by atoms with Gasteiger partial charge in [0.05, 0.1) is 6.61 Å². The zero-order chi connectivity index (χ0) is 6.81. The first-order valence-corrected chi connectivity index (χ1v) is 3.95. The lowest BCUT2D eigenvalue weighted by atomic mass is 10.4. The average molecular weight is 155 g/mol. The molecule has 1 aromatic heterocycles. The van der Waals surface area contributed by atoms with Gasteiger partial charge < -0.3 is 4.74 Å². The molecule has 1 radical (unpaired) electrons. The van der Waals surface area contributed by atoms with Crippen molar-refractivity contribution in [1.29, 1.82) is 0 Å². The lowest BCUT2D eigenvalue weighted by molar-refractivity contribution is 0.212.